The van der Waals surface area contributed by atoms with E-state index in [1.807, 2.05) is 0 Å². The molecular formula is C13H12F2O4S2. The van der Waals surface area contributed by atoms with Gasteiger partial charge in [0.15, 0.2) is 5.76 Å². The lowest BCUT2D eigenvalue weighted by molar-refractivity contribution is 0.0638. The monoisotopic (exact) mass is 334 g/mol. The maximum absolute atomic E-state index is 14.3. The van der Waals surface area contributed by atoms with Crippen molar-refractivity contribution < 1.29 is 25.8 Å². The summed E-state index contributed by atoms with van der Waals surface area (Å²) in [5.74, 6) is -1.03. The first kappa shape index (κ1) is 15.8. The van der Waals surface area contributed by atoms with Crippen molar-refractivity contribution >= 4 is 20.6 Å². The topological polar surface area (TPSA) is 64.3 Å². The molecule has 0 amide bonds. The highest BCUT2D eigenvalue weighted by Crippen LogP contribution is 2.40. The highest BCUT2D eigenvalue weighted by molar-refractivity contribution is 7.92. The van der Waals surface area contributed by atoms with E-state index >= 15 is 0 Å². The van der Waals surface area contributed by atoms with E-state index in [0.717, 1.165) is 18.2 Å². The molecule has 1 unspecified atom stereocenters. The van der Waals surface area contributed by atoms with E-state index in [1.165, 1.54) is 31.4 Å². The van der Waals surface area contributed by atoms with Crippen LogP contribution in [0.2, 0.25) is 0 Å². The van der Waals surface area contributed by atoms with Gasteiger partial charge in [0.05, 0.1) is 20.6 Å². The summed E-state index contributed by atoms with van der Waals surface area (Å²) in [7, 11) is -6.49. The summed E-state index contributed by atoms with van der Waals surface area (Å²) in [5, 5.41) is -4.24. The second kappa shape index (κ2) is 5.34. The minimum absolute atomic E-state index is 0.00812. The van der Waals surface area contributed by atoms with Crippen LogP contribution in [0.3, 0.4) is 0 Å². The predicted octanol–water partition coefficient (Wildman–Crippen LogP) is 2.85. The zero-order chi connectivity index (χ0) is 15.8. The highest BCUT2D eigenvalue weighted by atomic mass is 32.2. The number of furan rings is 1. The summed E-state index contributed by atoms with van der Waals surface area (Å²) in [6.07, 6.45) is 1.30. The van der Waals surface area contributed by atoms with Gasteiger partial charge in [0, 0.05) is 12.3 Å². The second-order valence-corrected chi connectivity index (χ2v) is 7.66. The Labute approximate surface area is 123 Å². The van der Waals surface area contributed by atoms with E-state index in [4.69, 9.17) is 4.42 Å². The normalized spacial score (nSPS) is 14.1. The summed E-state index contributed by atoms with van der Waals surface area (Å²) in [5.41, 5.74) is 0. The predicted molar refractivity (Wildman–Crippen MR) is 73.3 cm³/mol. The van der Waals surface area contributed by atoms with Gasteiger partial charge in [-0.2, -0.15) is 8.78 Å². The van der Waals surface area contributed by atoms with Gasteiger partial charge in [0.2, 0.25) is 0 Å². The molecule has 0 radical (unpaired) electrons. The molecule has 2 rings (SSSR count). The fourth-order valence-corrected chi connectivity index (χ4v) is 3.67. The van der Waals surface area contributed by atoms with Crippen LogP contribution in [-0.2, 0) is 25.9 Å². The van der Waals surface area contributed by atoms with Crippen LogP contribution in [0, 0.1) is 6.92 Å². The summed E-state index contributed by atoms with van der Waals surface area (Å²) < 4.78 is 68.9. The van der Waals surface area contributed by atoms with Crippen molar-refractivity contribution in [1.29, 1.82) is 0 Å². The third-order valence-electron chi connectivity index (χ3n) is 2.86. The van der Waals surface area contributed by atoms with Gasteiger partial charge in [-0.05, 0) is 19.1 Å². The van der Waals surface area contributed by atoms with Gasteiger partial charge in [-0.25, -0.2) is 8.42 Å². The van der Waals surface area contributed by atoms with Gasteiger partial charge in [0.25, 0.3) is 9.84 Å². The Hall–Kier alpha value is -1.54. The zero-order valence-electron chi connectivity index (χ0n) is 11.2. The molecule has 1 atom stereocenters. The first-order chi connectivity index (χ1) is 9.68. The smallest absolute Gasteiger partial charge is 0.406 e. The number of benzene rings is 1. The van der Waals surface area contributed by atoms with Crippen molar-refractivity contribution in [3.8, 4) is 0 Å². The van der Waals surface area contributed by atoms with E-state index in [2.05, 4.69) is 0 Å². The third-order valence-corrected chi connectivity index (χ3v) is 5.65. The second-order valence-electron chi connectivity index (χ2n) is 4.32. The molecule has 1 heterocycles. The van der Waals surface area contributed by atoms with E-state index in [-0.39, 0.29) is 10.7 Å². The Morgan fingerprint density at radius 2 is 1.76 bits per heavy atom. The first-order valence-corrected chi connectivity index (χ1v) is 8.84. The molecule has 21 heavy (non-hydrogen) atoms. The van der Waals surface area contributed by atoms with Gasteiger partial charge in [-0.15, -0.1) is 0 Å². The van der Waals surface area contributed by atoms with Crippen molar-refractivity contribution in [2.45, 2.75) is 22.0 Å². The molecule has 4 nitrogen and oxygen atoms in total. The van der Waals surface area contributed by atoms with Gasteiger partial charge in [0.1, 0.15) is 5.76 Å². The van der Waals surface area contributed by atoms with Crippen LogP contribution >= 0.6 is 0 Å². The fraction of sp³-hybridized carbons (Fsp3) is 0.231. The maximum atomic E-state index is 14.3. The lowest BCUT2D eigenvalue weighted by atomic mass is 10.4. The van der Waals surface area contributed by atoms with Gasteiger partial charge in [-0.3, -0.25) is 4.21 Å². The van der Waals surface area contributed by atoms with Crippen LogP contribution < -0.4 is 0 Å². The first-order valence-electron chi connectivity index (χ1n) is 5.79. The van der Waals surface area contributed by atoms with Gasteiger partial charge < -0.3 is 4.42 Å². The number of rotatable bonds is 4. The van der Waals surface area contributed by atoms with Gasteiger partial charge in [-0.1, -0.05) is 18.2 Å². The van der Waals surface area contributed by atoms with E-state index < -0.39 is 36.5 Å². The van der Waals surface area contributed by atoms with Crippen molar-refractivity contribution in [2.75, 3.05) is 6.26 Å². The average Bonchev–Trinajstić information content (AvgIpc) is 2.82. The molecule has 1 aromatic carbocycles. The Balaban J connectivity index is 2.57. The van der Waals surface area contributed by atoms with Crippen LogP contribution in [0.5, 0.6) is 0 Å². The number of aryl methyl sites for hydroxylation is 1. The number of hydrogen-bond acceptors (Lipinski definition) is 4. The van der Waals surface area contributed by atoms with Crippen molar-refractivity contribution in [3.05, 3.63) is 47.9 Å². The molecule has 0 bridgehead atoms. The molecule has 0 spiro atoms. The molecule has 0 aliphatic rings. The largest absolute Gasteiger partial charge is 0.457 e. The number of halogens is 2. The summed E-state index contributed by atoms with van der Waals surface area (Å²) in [4.78, 5) is -0.462. The summed E-state index contributed by atoms with van der Waals surface area (Å²) >= 11 is 0. The molecule has 2 aromatic rings. The molecule has 0 N–H and O–H groups in total. The van der Waals surface area contributed by atoms with Crippen LogP contribution in [0.25, 0.3) is 0 Å². The van der Waals surface area contributed by atoms with Crippen LogP contribution in [-0.4, -0.2) is 18.9 Å². The van der Waals surface area contributed by atoms with Gasteiger partial charge >= 0.3 is 5.25 Å². The summed E-state index contributed by atoms with van der Waals surface area (Å²) in [6, 6.07) is 7.21. The molecule has 0 aliphatic carbocycles. The molecular weight excluding hydrogens is 322 g/mol. The Morgan fingerprint density at radius 1 is 1.19 bits per heavy atom. The molecule has 0 saturated carbocycles. The zero-order valence-corrected chi connectivity index (χ0v) is 12.8. The lowest BCUT2D eigenvalue weighted by Gasteiger charge is -2.14. The Kier molecular flexibility index (Phi) is 4.03. The number of alkyl halides is 2. The van der Waals surface area contributed by atoms with Crippen molar-refractivity contribution in [3.63, 3.8) is 0 Å². The molecule has 1 aromatic heterocycles. The molecule has 114 valence electrons. The Bertz CT molecular complexity index is 780. The van der Waals surface area contributed by atoms with Crippen LogP contribution in [0.15, 0.2) is 50.6 Å². The number of hydrogen-bond donors (Lipinski definition) is 0. The van der Waals surface area contributed by atoms with E-state index in [0.29, 0.717) is 0 Å². The summed E-state index contributed by atoms with van der Waals surface area (Å²) in [6.45, 7) is 1.35. The molecule has 0 fully saturated rings. The Morgan fingerprint density at radius 3 is 2.24 bits per heavy atom. The SMILES string of the molecule is Cc1oc(C(F)(F)S(=O)(=O)c2ccccc2)cc1S(C)=O. The lowest BCUT2D eigenvalue weighted by Crippen LogP contribution is -2.25. The third kappa shape index (κ3) is 2.65. The molecule has 0 aliphatic heterocycles. The van der Waals surface area contributed by atoms with Crippen molar-refractivity contribution in [1.82, 2.24) is 0 Å². The molecule has 0 saturated heterocycles. The standard InChI is InChI=1S/C13H12F2O4S2/c1-9-11(20(2)16)8-12(19-9)13(14,15)21(17,18)10-6-4-3-5-7-10/h3-8H,1-2H3. The van der Waals surface area contributed by atoms with E-state index in [1.54, 1.807) is 0 Å². The van der Waals surface area contributed by atoms with Crippen molar-refractivity contribution in [2.24, 2.45) is 0 Å². The minimum atomic E-state index is -4.95. The van der Waals surface area contributed by atoms with Crippen LogP contribution in [0.1, 0.15) is 11.5 Å². The minimum Gasteiger partial charge on any atom is -0.457 e. The maximum Gasteiger partial charge on any atom is 0.406 e. The quantitative estimate of drug-likeness (QED) is 0.862. The van der Waals surface area contributed by atoms with E-state index in [9.17, 15) is 21.4 Å². The average molecular weight is 334 g/mol. The fourth-order valence-electron chi connectivity index (χ4n) is 1.77. The molecule has 8 heteroatoms. The van der Waals surface area contributed by atoms with Crippen LogP contribution in [0.4, 0.5) is 8.78 Å². The number of sulfone groups is 1. The highest BCUT2D eigenvalue weighted by Gasteiger charge is 2.51.